The van der Waals surface area contributed by atoms with Gasteiger partial charge >= 0.3 is 0 Å². The van der Waals surface area contributed by atoms with Crippen molar-refractivity contribution in [3.05, 3.63) is 151 Å². The summed E-state index contributed by atoms with van der Waals surface area (Å²) in [5.41, 5.74) is 1.06. The van der Waals surface area contributed by atoms with E-state index in [0.717, 1.165) is 24.1 Å². The lowest BCUT2D eigenvalue weighted by atomic mass is 10.00. The van der Waals surface area contributed by atoms with Crippen LogP contribution < -0.4 is 20.7 Å². The molecule has 1 aliphatic rings. The highest BCUT2D eigenvalue weighted by atomic mass is 32.2. The molecule has 5 aromatic carbocycles. The summed E-state index contributed by atoms with van der Waals surface area (Å²) < 4.78 is 32.2. The smallest absolute Gasteiger partial charge is 0.207 e. The summed E-state index contributed by atoms with van der Waals surface area (Å²) in [4.78, 5) is 0.391. The minimum Gasteiger partial charge on any atom is -0.207 e. The van der Waals surface area contributed by atoms with Crippen LogP contribution in [0.4, 0.5) is 0 Å². The summed E-state index contributed by atoms with van der Waals surface area (Å²) >= 11 is 0. The van der Waals surface area contributed by atoms with E-state index in [9.17, 15) is 0 Å². The van der Waals surface area contributed by atoms with Gasteiger partial charge in [-0.05, 0) is 47.6 Å². The van der Waals surface area contributed by atoms with Crippen molar-refractivity contribution < 1.29 is 8.42 Å². The molecule has 1 heterocycles. The van der Waals surface area contributed by atoms with E-state index in [4.69, 9.17) is 0 Å². The van der Waals surface area contributed by atoms with Crippen LogP contribution in [-0.4, -0.2) is 41.0 Å². The fraction of sp³-hybridized carbons (Fsp3) is 0.318. The quantitative estimate of drug-likeness (QED) is 0.137. The normalized spacial score (nSPS) is 17.7. The topological polar surface area (TPSA) is 37.4 Å². The Bertz CT molecular complexity index is 1780. The van der Waals surface area contributed by atoms with Gasteiger partial charge in [0, 0.05) is 12.1 Å². The molecule has 0 aliphatic carbocycles. The Labute approximate surface area is 303 Å². The Morgan fingerprint density at radius 3 is 1.10 bits per heavy atom. The van der Waals surface area contributed by atoms with Crippen molar-refractivity contribution in [3.8, 4) is 0 Å². The zero-order valence-corrected chi connectivity index (χ0v) is 33.6. The van der Waals surface area contributed by atoms with Crippen molar-refractivity contribution in [3.63, 3.8) is 0 Å². The van der Waals surface area contributed by atoms with Gasteiger partial charge in [0.15, 0.2) is 0 Å². The van der Waals surface area contributed by atoms with Gasteiger partial charge in [0.1, 0.15) is 16.1 Å². The van der Waals surface area contributed by atoms with Gasteiger partial charge in [-0.15, -0.1) is 0 Å². The molecule has 3 nitrogen and oxygen atoms in total. The Balaban J connectivity index is 1.53. The summed E-state index contributed by atoms with van der Waals surface area (Å²) in [5, 5.41) is 5.31. The zero-order valence-electron chi connectivity index (χ0n) is 30.8. The molecule has 1 fully saturated rings. The molecule has 5 aromatic rings. The zero-order chi connectivity index (χ0) is 35.8. The van der Waals surface area contributed by atoms with Crippen molar-refractivity contribution in [2.24, 2.45) is 0 Å². The van der Waals surface area contributed by atoms with Crippen LogP contribution in [0, 0.1) is 6.92 Å². The lowest BCUT2D eigenvalue weighted by molar-refractivity contribution is 0.136. The fourth-order valence-electron chi connectivity index (χ4n) is 9.00. The predicted molar refractivity (Wildman–Crippen MR) is 217 cm³/mol. The van der Waals surface area contributed by atoms with Crippen LogP contribution in [0.2, 0.25) is 22.2 Å². The summed E-state index contributed by atoms with van der Waals surface area (Å²) in [5.74, 6) is 0. The third kappa shape index (κ3) is 6.40. The molecule has 0 saturated carbocycles. The van der Waals surface area contributed by atoms with Gasteiger partial charge < -0.3 is 0 Å². The fourth-order valence-corrected chi connectivity index (χ4v) is 22.6. The average Bonchev–Trinajstić information content (AvgIpc) is 3.08. The number of hydrogen-bond acceptors (Lipinski definition) is 2. The van der Waals surface area contributed by atoms with E-state index < -0.39 is 26.2 Å². The second kappa shape index (κ2) is 13.9. The molecule has 0 radical (unpaired) electrons. The van der Waals surface area contributed by atoms with Gasteiger partial charge in [-0.25, -0.2) is 8.42 Å². The lowest BCUT2D eigenvalue weighted by Gasteiger charge is -2.56. The second-order valence-electron chi connectivity index (χ2n) is 16.4. The largest absolute Gasteiger partial charge is 0.243 e. The molecule has 0 unspecified atom stereocenters. The maximum absolute atomic E-state index is 15.1. The molecular formula is C44H53NO2SSi2. The van der Waals surface area contributed by atoms with Crippen molar-refractivity contribution in [2.75, 3.05) is 0 Å². The van der Waals surface area contributed by atoms with Crippen molar-refractivity contribution in [2.45, 2.75) is 94.0 Å². The van der Waals surface area contributed by atoms with E-state index in [-0.39, 0.29) is 22.2 Å². The number of benzene rings is 5. The molecular weight excluding hydrogens is 663 g/mol. The third-order valence-electron chi connectivity index (χ3n) is 11.6. The van der Waals surface area contributed by atoms with E-state index in [2.05, 4.69) is 163 Å². The molecule has 0 N–H and O–H groups in total. The highest BCUT2D eigenvalue weighted by Crippen LogP contribution is 2.49. The minimum absolute atomic E-state index is 0.0713. The van der Waals surface area contributed by atoms with Gasteiger partial charge in [0.25, 0.3) is 0 Å². The van der Waals surface area contributed by atoms with Crippen LogP contribution >= 0.6 is 0 Å². The highest BCUT2D eigenvalue weighted by Gasteiger charge is 2.58. The number of aryl methyl sites for hydroxylation is 1. The van der Waals surface area contributed by atoms with Crippen LogP contribution in [0.5, 0.6) is 0 Å². The summed E-state index contributed by atoms with van der Waals surface area (Å²) in [6.45, 7) is 16.2. The van der Waals surface area contributed by atoms with E-state index in [1.165, 1.54) is 20.7 Å². The van der Waals surface area contributed by atoms with Crippen molar-refractivity contribution in [1.82, 2.24) is 4.31 Å². The first-order valence-electron chi connectivity index (χ1n) is 18.0. The summed E-state index contributed by atoms with van der Waals surface area (Å²) in [7, 11) is -8.92. The molecule has 0 spiro atoms. The molecule has 1 aliphatic heterocycles. The van der Waals surface area contributed by atoms with Crippen LogP contribution in [0.25, 0.3) is 0 Å². The molecule has 6 rings (SSSR count). The maximum Gasteiger partial charge on any atom is 0.243 e. The van der Waals surface area contributed by atoms with E-state index in [0.29, 0.717) is 4.90 Å². The number of sulfonamides is 1. The Morgan fingerprint density at radius 2 is 0.820 bits per heavy atom. The standard InChI is InChI=1S/C44H53NO2SSi2/c1-35-28-30-38(31-29-35)48(46,47)45-36(33-49(43(2,3)4,39-20-12-8-13-21-39)40-22-14-9-15-23-40)32-37(45)34-50(44(5,6)7,41-24-16-10-17-25-41)42-26-18-11-19-27-42/h8-31,36-37H,32-34H2,1-7H3/t36-,37+. The molecule has 0 bridgehead atoms. The van der Waals surface area contributed by atoms with Crippen LogP contribution in [-0.2, 0) is 10.0 Å². The number of nitrogens with zero attached hydrogens (tertiary/aromatic N) is 1. The monoisotopic (exact) mass is 715 g/mol. The van der Waals surface area contributed by atoms with Crippen molar-refractivity contribution in [1.29, 1.82) is 0 Å². The number of rotatable bonds is 10. The van der Waals surface area contributed by atoms with Gasteiger partial charge in [0.2, 0.25) is 10.0 Å². The summed E-state index contributed by atoms with van der Waals surface area (Å²) in [6.07, 6.45) is 0.847. The third-order valence-corrected chi connectivity index (χ3v) is 26.2. The Morgan fingerprint density at radius 1 is 0.520 bits per heavy atom. The second-order valence-corrected chi connectivity index (χ2v) is 28.0. The minimum atomic E-state index is -3.80. The highest BCUT2D eigenvalue weighted by molar-refractivity contribution is 7.89. The maximum atomic E-state index is 15.1. The van der Waals surface area contributed by atoms with E-state index in [1.54, 1.807) is 0 Å². The van der Waals surface area contributed by atoms with E-state index >= 15 is 8.42 Å². The molecule has 6 heteroatoms. The first kappa shape index (κ1) is 36.2. The number of hydrogen-bond donors (Lipinski definition) is 0. The van der Waals surface area contributed by atoms with Crippen LogP contribution in [0.15, 0.2) is 150 Å². The Kier molecular flexibility index (Phi) is 10.1. The van der Waals surface area contributed by atoms with Crippen LogP contribution in [0.3, 0.4) is 0 Å². The first-order valence-corrected chi connectivity index (χ1v) is 23.9. The van der Waals surface area contributed by atoms with Gasteiger partial charge in [-0.1, -0.05) is 201 Å². The molecule has 0 aromatic heterocycles. The lowest BCUT2D eigenvalue weighted by Crippen LogP contribution is -2.72. The van der Waals surface area contributed by atoms with Crippen molar-refractivity contribution >= 4 is 46.9 Å². The molecule has 1 saturated heterocycles. The van der Waals surface area contributed by atoms with Gasteiger partial charge in [0.05, 0.1) is 4.90 Å². The summed E-state index contributed by atoms with van der Waals surface area (Å²) in [6, 6.07) is 52.8. The SMILES string of the molecule is Cc1ccc(S(=O)(=O)N2[C@@H](C[Si](c3ccccc3)(c3ccccc3)C(C)(C)C)C[C@H]2C[Si](c2ccccc2)(c2ccccc2)C(C)(C)C)cc1. The first-order chi connectivity index (χ1) is 23.7. The average molecular weight is 716 g/mol. The molecule has 260 valence electrons. The van der Waals surface area contributed by atoms with Gasteiger partial charge in [-0.3, -0.25) is 0 Å². The molecule has 0 amide bonds. The van der Waals surface area contributed by atoms with Gasteiger partial charge in [-0.2, -0.15) is 4.31 Å². The molecule has 2 atom stereocenters. The van der Waals surface area contributed by atoms with Crippen LogP contribution in [0.1, 0.15) is 53.5 Å². The Hall–Kier alpha value is -3.56. The van der Waals surface area contributed by atoms with E-state index in [1.807, 2.05) is 35.5 Å². The molecule has 50 heavy (non-hydrogen) atoms. The predicted octanol–water partition coefficient (Wildman–Crippen LogP) is 8.25.